The minimum absolute atomic E-state index is 0.155. The molecule has 7 heteroatoms. The summed E-state index contributed by atoms with van der Waals surface area (Å²) < 4.78 is 10.1. The average molecular weight is 332 g/mol. The summed E-state index contributed by atoms with van der Waals surface area (Å²) in [6.07, 6.45) is 0. The molecule has 0 saturated carbocycles. The number of carbonyl (C=O) groups excluding carboxylic acids is 1. The van der Waals surface area contributed by atoms with E-state index < -0.39 is 0 Å². The van der Waals surface area contributed by atoms with E-state index >= 15 is 0 Å². The molecular weight excluding hydrogens is 318 g/mol. The zero-order valence-electron chi connectivity index (χ0n) is 12.6. The third-order valence-electron chi connectivity index (χ3n) is 3.26. The first kappa shape index (κ1) is 15.3. The minimum Gasteiger partial charge on any atom is -0.361 e. The number of nitrogens with zero attached hydrogens (tertiary/aromatic N) is 3. The molecule has 0 aliphatic rings. The zero-order valence-corrected chi connectivity index (χ0v) is 13.4. The normalized spacial score (nSPS) is 10.7. The molecule has 6 nitrogen and oxygen atoms in total. The van der Waals surface area contributed by atoms with Gasteiger partial charge in [-0.05, 0) is 19.1 Å². The van der Waals surface area contributed by atoms with E-state index in [-0.39, 0.29) is 11.7 Å². The summed E-state index contributed by atoms with van der Waals surface area (Å²) in [7, 11) is 1.66. The maximum Gasteiger partial charge on any atom is 0.292 e. The SMILES string of the molecule is Cc1cc(CN(C)C(=O)c2cc(-c3cccc(Cl)c3)no2)no1. The quantitative estimate of drug-likeness (QED) is 0.730. The Kier molecular flexibility index (Phi) is 4.16. The van der Waals surface area contributed by atoms with Crippen molar-refractivity contribution in [2.75, 3.05) is 7.05 Å². The molecule has 0 aliphatic carbocycles. The van der Waals surface area contributed by atoms with E-state index in [4.69, 9.17) is 20.6 Å². The summed E-state index contributed by atoms with van der Waals surface area (Å²) in [6.45, 7) is 2.12. The lowest BCUT2D eigenvalue weighted by molar-refractivity contribution is 0.0740. The van der Waals surface area contributed by atoms with Crippen molar-refractivity contribution in [1.82, 2.24) is 15.2 Å². The van der Waals surface area contributed by atoms with Crippen molar-refractivity contribution >= 4 is 17.5 Å². The number of aromatic nitrogens is 2. The topological polar surface area (TPSA) is 72.4 Å². The third-order valence-corrected chi connectivity index (χ3v) is 3.50. The van der Waals surface area contributed by atoms with Gasteiger partial charge in [0, 0.05) is 29.8 Å². The Labute approximate surface area is 137 Å². The number of benzene rings is 1. The summed E-state index contributed by atoms with van der Waals surface area (Å²) in [5.74, 6) is 0.567. The second-order valence-electron chi connectivity index (χ2n) is 5.18. The van der Waals surface area contributed by atoms with E-state index in [1.165, 1.54) is 4.90 Å². The highest BCUT2D eigenvalue weighted by atomic mass is 35.5. The molecule has 0 fully saturated rings. The van der Waals surface area contributed by atoms with Gasteiger partial charge < -0.3 is 13.9 Å². The van der Waals surface area contributed by atoms with Crippen LogP contribution in [-0.2, 0) is 6.54 Å². The minimum atomic E-state index is -0.286. The zero-order chi connectivity index (χ0) is 16.4. The lowest BCUT2D eigenvalue weighted by Gasteiger charge is -2.12. The monoisotopic (exact) mass is 331 g/mol. The molecule has 0 bridgehead atoms. The highest BCUT2D eigenvalue weighted by Crippen LogP contribution is 2.23. The van der Waals surface area contributed by atoms with Gasteiger partial charge in [-0.1, -0.05) is 34.0 Å². The fraction of sp³-hybridized carbons (Fsp3) is 0.188. The van der Waals surface area contributed by atoms with Crippen molar-refractivity contribution in [3.05, 3.63) is 58.6 Å². The maximum atomic E-state index is 12.4. The van der Waals surface area contributed by atoms with E-state index in [2.05, 4.69) is 10.3 Å². The molecule has 0 spiro atoms. The van der Waals surface area contributed by atoms with Gasteiger partial charge in [-0.25, -0.2) is 0 Å². The number of aryl methyl sites for hydroxylation is 1. The van der Waals surface area contributed by atoms with Crippen LogP contribution in [0.4, 0.5) is 0 Å². The van der Waals surface area contributed by atoms with Crippen LogP contribution in [0.15, 0.2) is 45.4 Å². The number of hydrogen-bond donors (Lipinski definition) is 0. The first-order valence-corrected chi connectivity index (χ1v) is 7.31. The third kappa shape index (κ3) is 3.43. The van der Waals surface area contributed by atoms with Crippen molar-refractivity contribution in [2.45, 2.75) is 13.5 Å². The summed E-state index contributed by atoms with van der Waals surface area (Å²) in [5, 5.41) is 8.39. The Bertz CT molecular complexity index is 840. The fourth-order valence-electron chi connectivity index (χ4n) is 2.16. The highest BCUT2D eigenvalue weighted by molar-refractivity contribution is 6.30. The molecule has 2 heterocycles. The summed E-state index contributed by atoms with van der Waals surface area (Å²) in [5.41, 5.74) is 2.02. The van der Waals surface area contributed by atoms with Crippen LogP contribution in [0.5, 0.6) is 0 Å². The summed E-state index contributed by atoms with van der Waals surface area (Å²) in [4.78, 5) is 13.9. The van der Waals surface area contributed by atoms with Gasteiger partial charge >= 0.3 is 0 Å². The Morgan fingerprint density at radius 2 is 2.04 bits per heavy atom. The molecule has 0 aliphatic heterocycles. The average Bonchev–Trinajstić information content (AvgIpc) is 3.16. The Balaban J connectivity index is 1.75. The van der Waals surface area contributed by atoms with E-state index in [1.54, 1.807) is 38.2 Å². The molecule has 3 aromatic rings. The standard InChI is InChI=1S/C16H14ClN3O3/c1-10-6-13(18-22-10)9-20(2)16(21)15-8-14(19-23-15)11-4-3-5-12(17)7-11/h3-8H,9H2,1-2H3. The largest absolute Gasteiger partial charge is 0.361 e. The van der Waals surface area contributed by atoms with Crippen molar-refractivity contribution in [3.8, 4) is 11.3 Å². The van der Waals surface area contributed by atoms with Crippen LogP contribution in [0.25, 0.3) is 11.3 Å². The number of rotatable bonds is 4. The van der Waals surface area contributed by atoms with Crippen LogP contribution in [0, 0.1) is 6.92 Å². The van der Waals surface area contributed by atoms with Crippen LogP contribution in [-0.4, -0.2) is 28.2 Å². The molecular formula is C16H14ClN3O3. The molecule has 118 valence electrons. The Hall–Kier alpha value is -2.60. The molecule has 3 rings (SSSR count). The lowest BCUT2D eigenvalue weighted by atomic mass is 10.1. The predicted molar refractivity (Wildman–Crippen MR) is 84.0 cm³/mol. The van der Waals surface area contributed by atoms with Gasteiger partial charge in [-0.3, -0.25) is 4.79 Å². The summed E-state index contributed by atoms with van der Waals surface area (Å²) in [6, 6.07) is 10.6. The second-order valence-corrected chi connectivity index (χ2v) is 5.61. The van der Waals surface area contributed by atoms with Crippen LogP contribution in [0.3, 0.4) is 0 Å². The Morgan fingerprint density at radius 3 is 2.74 bits per heavy atom. The molecule has 0 unspecified atom stereocenters. The second kappa shape index (κ2) is 6.26. The number of hydrogen-bond acceptors (Lipinski definition) is 5. The van der Waals surface area contributed by atoms with Crippen molar-refractivity contribution in [2.24, 2.45) is 0 Å². The van der Waals surface area contributed by atoms with Gasteiger partial charge in [0.25, 0.3) is 5.91 Å². The first-order chi connectivity index (χ1) is 11.0. The summed E-state index contributed by atoms with van der Waals surface area (Å²) >= 11 is 5.96. The molecule has 0 saturated heterocycles. The van der Waals surface area contributed by atoms with Gasteiger partial charge in [-0.15, -0.1) is 0 Å². The van der Waals surface area contributed by atoms with E-state index in [0.29, 0.717) is 28.7 Å². The molecule has 0 radical (unpaired) electrons. The fourth-order valence-corrected chi connectivity index (χ4v) is 2.35. The molecule has 0 N–H and O–H groups in total. The van der Waals surface area contributed by atoms with Crippen LogP contribution in [0.1, 0.15) is 22.0 Å². The van der Waals surface area contributed by atoms with Crippen LogP contribution >= 0.6 is 11.6 Å². The van der Waals surface area contributed by atoms with Crippen molar-refractivity contribution < 1.29 is 13.8 Å². The van der Waals surface area contributed by atoms with Crippen molar-refractivity contribution in [1.29, 1.82) is 0 Å². The first-order valence-electron chi connectivity index (χ1n) is 6.93. The predicted octanol–water partition coefficient (Wildman–Crippen LogP) is 3.56. The van der Waals surface area contributed by atoms with E-state index in [0.717, 1.165) is 5.56 Å². The highest BCUT2D eigenvalue weighted by Gasteiger charge is 2.19. The smallest absolute Gasteiger partial charge is 0.292 e. The van der Waals surface area contributed by atoms with Crippen LogP contribution < -0.4 is 0 Å². The van der Waals surface area contributed by atoms with Gasteiger partial charge in [0.05, 0.1) is 6.54 Å². The Morgan fingerprint density at radius 1 is 1.22 bits per heavy atom. The maximum absolute atomic E-state index is 12.4. The molecule has 1 amide bonds. The number of amides is 1. The number of halogens is 1. The van der Waals surface area contributed by atoms with Gasteiger partial charge in [-0.2, -0.15) is 0 Å². The molecule has 1 aromatic carbocycles. The van der Waals surface area contributed by atoms with Gasteiger partial charge in [0.1, 0.15) is 17.1 Å². The van der Waals surface area contributed by atoms with Crippen LogP contribution in [0.2, 0.25) is 5.02 Å². The van der Waals surface area contributed by atoms with E-state index in [9.17, 15) is 4.79 Å². The number of carbonyl (C=O) groups is 1. The van der Waals surface area contributed by atoms with Crippen molar-refractivity contribution in [3.63, 3.8) is 0 Å². The van der Waals surface area contributed by atoms with Gasteiger partial charge in [0.15, 0.2) is 0 Å². The lowest BCUT2D eigenvalue weighted by Crippen LogP contribution is -2.25. The molecule has 23 heavy (non-hydrogen) atoms. The van der Waals surface area contributed by atoms with E-state index in [1.807, 2.05) is 12.1 Å². The molecule has 0 atom stereocenters. The van der Waals surface area contributed by atoms with Gasteiger partial charge in [0.2, 0.25) is 5.76 Å². The molecule has 2 aromatic heterocycles.